The highest BCUT2D eigenvalue weighted by atomic mass is 35.5. The normalized spacial score (nSPS) is 11.0. The number of nitrogens with zero attached hydrogens (tertiary/aromatic N) is 2. The average Bonchev–Trinajstić information content (AvgIpc) is 2.80. The highest BCUT2D eigenvalue weighted by Gasteiger charge is 2.17. The summed E-state index contributed by atoms with van der Waals surface area (Å²) >= 11 is 12.2. The van der Waals surface area contributed by atoms with Crippen molar-refractivity contribution < 1.29 is 4.92 Å². The molecule has 8 heteroatoms. The van der Waals surface area contributed by atoms with Crippen LogP contribution in [0.1, 0.15) is 0 Å². The third kappa shape index (κ3) is 2.28. The first-order chi connectivity index (χ1) is 9.97. The number of aromatic nitrogens is 2. The lowest BCUT2D eigenvalue weighted by Gasteiger charge is -2.10. The number of hydrogen-bond acceptors (Lipinski definition) is 3. The van der Waals surface area contributed by atoms with Gasteiger partial charge in [-0.3, -0.25) is 14.9 Å². The average molecular weight is 324 g/mol. The Kier molecular flexibility index (Phi) is 3.19. The number of nitro groups is 1. The summed E-state index contributed by atoms with van der Waals surface area (Å²) in [6, 6.07) is 7.18. The molecule has 106 valence electrons. The number of fused-ring (bicyclic) bond motifs is 1. The first kappa shape index (κ1) is 13.7. The van der Waals surface area contributed by atoms with Gasteiger partial charge in [0.05, 0.1) is 31.7 Å². The van der Waals surface area contributed by atoms with Crippen molar-refractivity contribution >= 4 is 39.9 Å². The summed E-state index contributed by atoms with van der Waals surface area (Å²) in [6.07, 6.45) is 1.68. The first-order valence-electron chi connectivity index (χ1n) is 5.81. The molecule has 0 amide bonds. The molecule has 6 nitrogen and oxygen atoms in total. The number of nitrogens with one attached hydrogen (secondary N) is 1. The number of pyridine rings is 1. The minimum Gasteiger partial charge on any atom is -0.321 e. The van der Waals surface area contributed by atoms with Gasteiger partial charge in [-0.25, -0.2) is 0 Å². The van der Waals surface area contributed by atoms with Gasteiger partial charge < -0.3 is 9.55 Å². The number of rotatable bonds is 2. The van der Waals surface area contributed by atoms with Crippen molar-refractivity contribution in [2.24, 2.45) is 0 Å². The van der Waals surface area contributed by atoms with E-state index in [2.05, 4.69) is 4.98 Å². The molecule has 3 rings (SSSR count). The van der Waals surface area contributed by atoms with Crippen LogP contribution in [0.25, 0.3) is 16.7 Å². The van der Waals surface area contributed by atoms with Crippen LogP contribution in [0.5, 0.6) is 0 Å². The van der Waals surface area contributed by atoms with Gasteiger partial charge >= 0.3 is 0 Å². The second-order valence-corrected chi connectivity index (χ2v) is 5.14. The topological polar surface area (TPSA) is 80.9 Å². The first-order valence-corrected chi connectivity index (χ1v) is 6.57. The number of aromatic amines is 1. The van der Waals surface area contributed by atoms with Gasteiger partial charge in [-0.15, -0.1) is 0 Å². The van der Waals surface area contributed by atoms with E-state index in [4.69, 9.17) is 23.2 Å². The SMILES string of the molecule is O=c1ccc2c(ccn2-c2c(Cl)cc([N+](=O)[O-])cc2Cl)[nH]1. The lowest BCUT2D eigenvalue weighted by atomic mass is 10.2. The fourth-order valence-electron chi connectivity index (χ4n) is 2.13. The molecule has 0 radical (unpaired) electrons. The highest BCUT2D eigenvalue weighted by molar-refractivity contribution is 6.38. The van der Waals surface area contributed by atoms with Crippen molar-refractivity contribution in [2.45, 2.75) is 0 Å². The van der Waals surface area contributed by atoms with E-state index >= 15 is 0 Å². The van der Waals surface area contributed by atoms with Crippen LogP contribution in [-0.2, 0) is 0 Å². The smallest absolute Gasteiger partial charge is 0.272 e. The molecule has 1 N–H and O–H groups in total. The third-order valence-corrected chi connectivity index (χ3v) is 3.61. The lowest BCUT2D eigenvalue weighted by molar-refractivity contribution is -0.384. The zero-order valence-corrected chi connectivity index (χ0v) is 11.9. The molecular weight excluding hydrogens is 317 g/mol. The van der Waals surface area contributed by atoms with Crippen LogP contribution < -0.4 is 5.56 Å². The lowest BCUT2D eigenvalue weighted by Crippen LogP contribution is -2.03. The van der Waals surface area contributed by atoms with Crippen LogP contribution in [0, 0.1) is 10.1 Å². The predicted molar refractivity (Wildman–Crippen MR) is 80.6 cm³/mol. The van der Waals surface area contributed by atoms with Crippen LogP contribution in [0.2, 0.25) is 10.0 Å². The van der Waals surface area contributed by atoms with E-state index in [-0.39, 0.29) is 21.3 Å². The largest absolute Gasteiger partial charge is 0.321 e. The second kappa shape index (κ2) is 4.91. The van der Waals surface area contributed by atoms with Crippen LogP contribution in [0.4, 0.5) is 5.69 Å². The molecule has 0 aliphatic heterocycles. The van der Waals surface area contributed by atoms with E-state index in [1.54, 1.807) is 22.9 Å². The quantitative estimate of drug-likeness (QED) is 0.578. The highest BCUT2D eigenvalue weighted by Crippen LogP contribution is 2.34. The number of benzene rings is 1. The fraction of sp³-hybridized carbons (Fsp3) is 0. The Balaban J connectivity index is 2.28. The third-order valence-electron chi connectivity index (χ3n) is 3.03. The van der Waals surface area contributed by atoms with E-state index in [1.165, 1.54) is 18.2 Å². The molecule has 3 aromatic rings. The van der Waals surface area contributed by atoms with Gasteiger partial charge in [0.25, 0.3) is 5.69 Å². The van der Waals surface area contributed by atoms with Gasteiger partial charge in [0.1, 0.15) is 0 Å². The van der Waals surface area contributed by atoms with Crippen molar-refractivity contribution in [2.75, 3.05) is 0 Å². The van der Waals surface area contributed by atoms with Crippen LogP contribution in [-0.4, -0.2) is 14.5 Å². The van der Waals surface area contributed by atoms with Gasteiger partial charge in [-0.2, -0.15) is 0 Å². The number of non-ortho nitro benzene ring substituents is 1. The Morgan fingerprint density at radius 3 is 2.43 bits per heavy atom. The fourth-order valence-corrected chi connectivity index (χ4v) is 2.79. The van der Waals surface area contributed by atoms with E-state index in [0.717, 1.165) is 0 Å². The molecule has 0 fully saturated rings. The molecule has 0 atom stereocenters. The van der Waals surface area contributed by atoms with Gasteiger partial charge in [0.15, 0.2) is 0 Å². The molecule has 0 aliphatic rings. The summed E-state index contributed by atoms with van der Waals surface area (Å²) in [7, 11) is 0. The molecule has 0 aliphatic carbocycles. The minimum absolute atomic E-state index is 0.151. The zero-order valence-electron chi connectivity index (χ0n) is 10.3. The minimum atomic E-state index is -0.563. The van der Waals surface area contributed by atoms with E-state index in [9.17, 15) is 14.9 Å². The molecule has 0 saturated carbocycles. The predicted octanol–water partition coefficient (Wildman–Crippen LogP) is 3.53. The second-order valence-electron chi connectivity index (χ2n) is 4.32. The van der Waals surface area contributed by atoms with E-state index in [0.29, 0.717) is 16.7 Å². The zero-order chi connectivity index (χ0) is 15.1. The van der Waals surface area contributed by atoms with Crippen LogP contribution >= 0.6 is 23.2 Å². The molecule has 21 heavy (non-hydrogen) atoms. The molecular formula is C13H7Cl2N3O3. The van der Waals surface area contributed by atoms with Crippen LogP contribution in [0.3, 0.4) is 0 Å². The molecule has 0 spiro atoms. The van der Waals surface area contributed by atoms with Crippen molar-refractivity contribution in [1.29, 1.82) is 0 Å². The molecule has 0 saturated heterocycles. The van der Waals surface area contributed by atoms with E-state index in [1.807, 2.05) is 0 Å². The number of hydrogen-bond donors (Lipinski definition) is 1. The molecule has 2 aromatic heterocycles. The Labute approximate surface area is 127 Å². The van der Waals surface area contributed by atoms with Gasteiger partial charge in [0.2, 0.25) is 5.56 Å². The Morgan fingerprint density at radius 2 is 1.81 bits per heavy atom. The van der Waals surface area contributed by atoms with Crippen molar-refractivity contribution in [3.8, 4) is 5.69 Å². The summed E-state index contributed by atoms with van der Waals surface area (Å²) in [5, 5.41) is 11.1. The Hall–Kier alpha value is -2.31. The van der Waals surface area contributed by atoms with Gasteiger partial charge in [0, 0.05) is 24.4 Å². The summed E-state index contributed by atoms with van der Waals surface area (Å²) < 4.78 is 1.67. The molecule has 1 aromatic carbocycles. The molecule has 0 unspecified atom stereocenters. The van der Waals surface area contributed by atoms with E-state index < -0.39 is 4.92 Å². The summed E-state index contributed by atoms with van der Waals surface area (Å²) in [6.45, 7) is 0. The van der Waals surface area contributed by atoms with Crippen molar-refractivity contribution in [1.82, 2.24) is 9.55 Å². The van der Waals surface area contributed by atoms with Crippen LogP contribution in [0.15, 0.2) is 41.3 Å². The number of H-pyrrole nitrogens is 1. The summed E-state index contributed by atoms with van der Waals surface area (Å²) in [4.78, 5) is 24.2. The number of nitro benzene ring substituents is 1. The van der Waals surface area contributed by atoms with Crippen molar-refractivity contribution in [3.05, 3.63) is 67.0 Å². The monoisotopic (exact) mass is 323 g/mol. The maximum Gasteiger partial charge on any atom is 0.272 e. The van der Waals surface area contributed by atoms with Gasteiger partial charge in [-0.1, -0.05) is 23.2 Å². The van der Waals surface area contributed by atoms with Crippen molar-refractivity contribution in [3.63, 3.8) is 0 Å². The molecule has 0 bridgehead atoms. The maximum absolute atomic E-state index is 11.3. The number of halogens is 2. The molecule has 2 heterocycles. The summed E-state index contributed by atoms with van der Waals surface area (Å²) in [5.41, 5.74) is 1.32. The van der Waals surface area contributed by atoms with Gasteiger partial charge in [-0.05, 0) is 12.1 Å². The Morgan fingerprint density at radius 1 is 1.14 bits per heavy atom. The standard InChI is InChI=1S/C13H7Cl2N3O3/c14-8-5-7(18(20)21)6-9(15)13(8)17-4-3-10-11(17)1-2-12(19)16-10/h1-6H,(H,16,19). The maximum atomic E-state index is 11.3. The Bertz CT molecular complexity index is 907. The summed E-state index contributed by atoms with van der Waals surface area (Å²) in [5.74, 6) is 0.